The number of nitrogen functional groups attached to an aromatic ring is 1. The molecule has 32 heavy (non-hydrogen) atoms. The fourth-order valence-electron chi connectivity index (χ4n) is 5.21. The molecule has 0 radical (unpaired) electrons. The number of ether oxygens (including phenoxy) is 1. The van der Waals surface area contributed by atoms with E-state index in [1.165, 1.54) is 18.4 Å². The lowest BCUT2D eigenvalue weighted by Gasteiger charge is -2.49. The van der Waals surface area contributed by atoms with Crippen molar-refractivity contribution in [3.05, 3.63) is 21.0 Å². The first-order valence-electron chi connectivity index (χ1n) is 10.5. The molecule has 2 aromatic rings. The molecule has 0 amide bonds. The van der Waals surface area contributed by atoms with Crippen LogP contribution < -0.4 is 25.6 Å². The third-order valence-electron chi connectivity index (χ3n) is 6.65. The highest BCUT2D eigenvalue weighted by molar-refractivity contribution is 7.20. The Morgan fingerprint density at radius 3 is 2.28 bits per heavy atom. The molecule has 3 fully saturated rings. The summed E-state index contributed by atoms with van der Waals surface area (Å²) in [4.78, 5) is 13.3. The first kappa shape index (κ1) is 21.1. The molecule has 3 N–H and O–H groups in total. The number of nitrogens with two attached hydrogens (primary N) is 1. The predicted molar refractivity (Wildman–Crippen MR) is 123 cm³/mol. The zero-order chi connectivity index (χ0) is 22.6. The smallest absolute Gasteiger partial charge is 0.320 e. The second kappa shape index (κ2) is 7.66. The summed E-state index contributed by atoms with van der Waals surface area (Å²) in [5.74, 6) is 1.17. The van der Waals surface area contributed by atoms with Gasteiger partial charge in [0.2, 0.25) is 0 Å². The molecule has 0 saturated carbocycles. The van der Waals surface area contributed by atoms with E-state index in [1.807, 2.05) is 4.90 Å². The van der Waals surface area contributed by atoms with E-state index in [1.54, 1.807) is 0 Å². The number of hydrogen-bond donors (Lipinski definition) is 2. The van der Waals surface area contributed by atoms with Crippen LogP contribution in [0.1, 0.15) is 36.5 Å². The van der Waals surface area contributed by atoms with E-state index in [9.17, 15) is 10.5 Å². The van der Waals surface area contributed by atoms with Crippen molar-refractivity contribution in [1.29, 1.82) is 10.5 Å². The molecule has 9 nitrogen and oxygen atoms in total. The highest BCUT2D eigenvalue weighted by Crippen LogP contribution is 2.47. The van der Waals surface area contributed by atoms with Crippen LogP contribution >= 0.6 is 22.9 Å². The quantitative estimate of drug-likeness (QED) is 0.691. The van der Waals surface area contributed by atoms with Gasteiger partial charge in [0.05, 0.1) is 12.7 Å². The second-order valence-corrected chi connectivity index (χ2v) is 10.6. The van der Waals surface area contributed by atoms with Crippen molar-refractivity contribution in [3.63, 3.8) is 0 Å². The van der Waals surface area contributed by atoms with Crippen LogP contribution in [-0.2, 0) is 5.41 Å². The number of nitrogens with one attached hydrogen (secondary N) is 1. The molecule has 2 atom stereocenters. The Morgan fingerprint density at radius 1 is 1.12 bits per heavy atom. The lowest BCUT2D eigenvalue weighted by Crippen LogP contribution is -2.58. The van der Waals surface area contributed by atoms with Gasteiger partial charge in [-0.1, -0.05) is 18.5 Å². The molecule has 0 aliphatic carbocycles. The summed E-state index contributed by atoms with van der Waals surface area (Å²) in [5.41, 5.74) is 7.30. The van der Waals surface area contributed by atoms with Crippen LogP contribution in [0.5, 0.6) is 6.01 Å². The maximum atomic E-state index is 10.1. The van der Waals surface area contributed by atoms with Gasteiger partial charge in [0.1, 0.15) is 27.0 Å². The molecule has 0 spiro atoms. The van der Waals surface area contributed by atoms with Crippen molar-refractivity contribution >= 4 is 39.6 Å². The first-order valence-corrected chi connectivity index (χ1v) is 11.7. The number of thiophene rings is 1. The van der Waals surface area contributed by atoms with Crippen molar-refractivity contribution in [2.24, 2.45) is 0 Å². The number of hydrogen-bond acceptors (Lipinski definition) is 10. The van der Waals surface area contributed by atoms with E-state index < -0.39 is 0 Å². The molecule has 0 aromatic carbocycles. The fourth-order valence-corrected chi connectivity index (χ4v) is 6.68. The lowest BCUT2D eigenvalue weighted by molar-refractivity contribution is 0.352. The van der Waals surface area contributed by atoms with Crippen LogP contribution in [0.3, 0.4) is 0 Å². The van der Waals surface area contributed by atoms with E-state index >= 15 is 0 Å². The van der Waals surface area contributed by atoms with Crippen LogP contribution in [0, 0.1) is 22.7 Å². The highest BCUT2D eigenvalue weighted by atomic mass is 35.5. The number of fused-ring (bicyclic) bond motifs is 2. The number of anilines is 3. The zero-order valence-corrected chi connectivity index (χ0v) is 19.4. The number of nitriles is 2. The zero-order valence-electron chi connectivity index (χ0n) is 17.9. The summed E-state index contributed by atoms with van der Waals surface area (Å²) >= 11 is 7.67. The minimum absolute atomic E-state index is 0.240. The Morgan fingerprint density at radius 2 is 1.72 bits per heavy atom. The average Bonchev–Trinajstić information content (AvgIpc) is 3.26. The summed E-state index contributed by atoms with van der Waals surface area (Å²) in [7, 11) is 1.53. The lowest BCUT2D eigenvalue weighted by atomic mass is 9.75. The summed E-state index contributed by atoms with van der Waals surface area (Å²) < 4.78 is 5.93. The van der Waals surface area contributed by atoms with Gasteiger partial charge in [0, 0.05) is 49.2 Å². The van der Waals surface area contributed by atoms with E-state index in [-0.39, 0.29) is 11.4 Å². The molecule has 166 valence electrons. The number of methoxy groups -OCH3 is 1. The Labute approximate surface area is 195 Å². The van der Waals surface area contributed by atoms with Crippen LogP contribution in [0.4, 0.5) is 16.6 Å². The molecule has 3 saturated heterocycles. The van der Waals surface area contributed by atoms with E-state index in [0.29, 0.717) is 57.3 Å². The summed E-state index contributed by atoms with van der Waals surface area (Å²) in [6.07, 6.45) is 2.27. The number of aromatic nitrogens is 2. The summed E-state index contributed by atoms with van der Waals surface area (Å²) in [6, 6.07) is 5.59. The van der Waals surface area contributed by atoms with Crippen molar-refractivity contribution in [2.75, 3.05) is 48.8 Å². The normalized spacial score (nSPS) is 23.4. The topological polar surface area (TPSA) is 127 Å². The Kier molecular flexibility index (Phi) is 5.05. The average molecular weight is 471 g/mol. The van der Waals surface area contributed by atoms with E-state index in [0.717, 1.165) is 31.5 Å². The van der Waals surface area contributed by atoms with Crippen molar-refractivity contribution in [3.8, 4) is 18.1 Å². The van der Waals surface area contributed by atoms with Gasteiger partial charge in [-0.25, -0.2) is 0 Å². The highest BCUT2D eigenvalue weighted by Gasteiger charge is 2.46. The second-order valence-electron chi connectivity index (χ2n) is 8.91. The van der Waals surface area contributed by atoms with Crippen molar-refractivity contribution in [1.82, 2.24) is 15.3 Å². The molecule has 3 aliphatic heterocycles. The third kappa shape index (κ3) is 3.22. The van der Waals surface area contributed by atoms with E-state index in [4.69, 9.17) is 22.1 Å². The van der Waals surface area contributed by atoms with Gasteiger partial charge in [-0.3, -0.25) is 0 Å². The standard InChI is InChI=1S/C21H23ClN8OS/c1-21(15-13(5-23)17(25)32-16(15)22)9-30(10-21)19-14(6-24)18(27-20(28-19)31-2)29-7-11-3-4-12(8-29)26-11/h11-12,26H,3-4,7-10,25H2,1-2H3/t11-,12?/m0/s1. The Bertz CT molecular complexity index is 1150. The Balaban J connectivity index is 1.49. The largest absolute Gasteiger partial charge is 0.467 e. The van der Waals surface area contributed by atoms with Gasteiger partial charge in [-0.05, 0) is 12.8 Å². The van der Waals surface area contributed by atoms with Crippen LogP contribution in [-0.4, -0.2) is 55.3 Å². The maximum absolute atomic E-state index is 10.1. The molecule has 5 rings (SSSR count). The first-order chi connectivity index (χ1) is 15.4. The summed E-state index contributed by atoms with van der Waals surface area (Å²) in [6.45, 7) is 4.77. The number of piperazine rings is 1. The molecule has 2 aromatic heterocycles. The predicted octanol–water partition coefficient (Wildman–Crippen LogP) is 2.24. The van der Waals surface area contributed by atoms with Crippen LogP contribution in [0.25, 0.3) is 0 Å². The minimum Gasteiger partial charge on any atom is -0.467 e. The van der Waals surface area contributed by atoms with Crippen molar-refractivity contribution in [2.45, 2.75) is 37.3 Å². The van der Waals surface area contributed by atoms with Gasteiger partial charge in [-0.15, -0.1) is 11.3 Å². The van der Waals surface area contributed by atoms with Gasteiger partial charge in [-0.2, -0.15) is 20.5 Å². The molecule has 11 heteroatoms. The monoisotopic (exact) mass is 470 g/mol. The van der Waals surface area contributed by atoms with Crippen LogP contribution in [0.15, 0.2) is 0 Å². The molecule has 5 heterocycles. The van der Waals surface area contributed by atoms with Gasteiger partial charge in [0.25, 0.3) is 0 Å². The molecular weight excluding hydrogens is 448 g/mol. The Hall–Kier alpha value is -2.79. The SMILES string of the molecule is COc1nc(N2CC3CC[C@@H](C2)N3)c(C#N)c(N2CC(C)(c3c(Cl)sc(N)c3C#N)C2)n1. The molecular formula is C21H23ClN8OS. The minimum atomic E-state index is -0.366. The van der Waals surface area contributed by atoms with E-state index in [2.05, 4.69) is 39.2 Å². The van der Waals surface area contributed by atoms with Gasteiger partial charge >= 0.3 is 6.01 Å². The maximum Gasteiger partial charge on any atom is 0.320 e. The van der Waals surface area contributed by atoms with Gasteiger partial charge < -0.3 is 25.6 Å². The van der Waals surface area contributed by atoms with Crippen molar-refractivity contribution < 1.29 is 4.74 Å². The third-order valence-corrected chi connectivity index (χ3v) is 7.88. The molecule has 1 unspecified atom stereocenters. The number of rotatable bonds is 4. The molecule has 2 bridgehead atoms. The molecule has 3 aliphatic rings. The van der Waals surface area contributed by atoms with Crippen LogP contribution in [0.2, 0.25) is 4.34 Å². The fraction of sp³-hybridized carbons (Fsp3) is 0.524. The number of nitrogens with zero attached hydrogens (tertiary/aromatic N) is 6. The number of halogens is 1. The van der Waals surface area contributed by atoms with Gasteiger partial charge in [0.15, 0.2) is 11.6 Å². The summed E-state index contributed by atoms with van der Waals surface area (Å²) in [5, 5.41) is 23.7.